The van der Waals surface area contributed by atoms with Crippen LogP contribution in [0.4, 0.5) is 0 Å². The maximum atomic E-state index is 12.6. The fraction of sp³-hybridized carbons (Fsp3) is 0.316. The largest absolute Gasteiger partial charge is 0.346 e. The van der Waals surface area contributed by atoms with Crippen LogP contribution in [-0.2, 0) is 13.6 Å². The second kappa shape index (κ2) is 5.16. The third-order valence-corrected chi connectivity index (χ3v) is 4.91. The summed E-state index contributed by atoms with van der Waals surface area (Å²) in [7, 11) is 1.92. The van der Waals surface area contributed by atoms with Crippen molar-refractivity contribution in [3.63, 3.8) is 0 Å². The van der Waals surface area contributed by atoms with Gasteiger partial charge in [-0.15, -0.1) is 0 Å². The molecule has 1 aliphatic carbocycles. The highest BCUT2D eigenvalue weighted by Crippen LogP contribution is 2.36. The topological polar surface area (TPSA) is 26.9 Å². The Morgan fingerprint density at radius 3 is 2.45 bits per heavy atom. The maximum absolute atomic E-state index is 12.6. The Kier molecular flexibility index (Phi) is 3.14. The normalized spacial score (nSPS) is 15.1. The zero-order valence-corrected chi connectivity index (χ0v) is 12.8. The molecule has 1 saturated carbocycles. The van der Waals surface area contributed by atoms with E-state index in [9.17, 15) is 4.79 Å². The van der Waals surface area contributed by atoms with Crippen LogP contribution >= 0.6 is 0 Å². The lowest BCUT2D eigenvalue weighted by atomic mass is 9.80. The minimum atomic E-state index is 0.0769. The zero-order valence-electron chi connectivity index (χ0n) is 12.8. The molecule has 0 unspecified atom stereocenters. The number of hydrogen-bond donors (Lipinski definition) is 0. The van der Waals surface area contributed by atoms with Gasteiger partial charge < -0.3 is 9.13 Å². The van der Waals surface area contributed by atoms with Gasteiger partial charge in [0.05, 0.1) is 6.54 Å². The van der Waals surface area contributed by atoms with E-state index in [1.54, 1.807) is 4.57 Å². The summed E-state index contributed by atoms with van der Waals surface area (Å²) in [6.07, 6.45) is 7.83. The van der Waals surface area contributed by atoms with Crippen LogP contribution < -0.4 is 5.56 Å². The molecule has 1 aliphatic rings. The van der Waals surface area contributed by atoms with Gasteiger partial charge in [-0.3, -0.25) is 4.79 Å². The Morgan fingerprint density at radius 2 is 1.77 bits per heavy atom. The summed E-state index contributed by atoms with van der Waals surface area (Å²) < 4.78 is 3.69. The molecule has 0 amide bonds. The van der Waals surface area contributed by atoms with E-state index >= 15 is 0 Å². The minimum Gasteiger partial charge on any atom is -0.346 e. The second-order valence-electron chi connectivity index (χ2n) is 6.35. The van der Waals surface area contributed by atoms with E-state index < -0.39 is 0 Å². The Hall–Kier alpha value is -2.29. The third-order valence-electron chi connectivity index (χ3n) is 4.91. The van der Waals surface area contributed by atoms with Crippen LogP contribution in [0.5, 0.6) is 0 Å². The molecular formula is C19H20N2O. The first kappa shape index (κ1) is 13.4. The number of aromatic nitrogens is 2. The lowest BCUT2D eigenvalue weighted by Crippen LogP contribution is -2.21. The molecule has 0 aliphatic heterocycles. The Morgan fingerprint density at radius 1 is 1.05 bits per heavy atom. The summed E-state index contributed by atoms with van der Waals surface area (Å²) in [4.78, 5) is 12.6. The van der Waals surface area contributed by atoms with Gasteiger partial charge in [-0.1, -0.05) is 30.7 Å². The lowest BCUT2D eigenvalue weighted by Gasteiger charge is -2.25. The molecule has 3 nitrogen and oxygen atoms in total. The number of benzene rings is 1. The predicted molar refractivity (Wildman–Crippen MR) is 89.3 cm³/mol. The summed E-state index contributed by atoms with van der Waals surface area (Å²) in [5, 5.41) is 1.00. The van der Waals surface area contributed by atoms with Gasteiger partial charge in [-0.25, -0.2) is 0 Å². The quantitative estimate of drug-likeness (QED) is 0.724. The molecule has 3 heteroatoms. The Labute approximate surface area is 129 Å². The number of hydrogen-bond acceptors (Lipinski definition) is 1. The molecule has 22 heavy (non-hydrogen) atoms. The summed E-state index contributed by atoms with van der Waals surface area (Å²) in [5.41, 5.74) is 3.47. The van der Waals surface area contributed by atoms with Crippen molar-refractivity contribution < 1.29 is 0 Å². The first-order valence-electron chi connectivity index (χ1n) is 7.96. The van der Waals surface area contributed by atoms with Crippen LogP contribution in [0.15, 0.2) is 53.6 Å². The third kappa shape index (κ3) is 2.17. The minimum absolute atomic E-state index is 0.0769. The molecule has 112 valence electrons. The molecule has 0 bridgehead atoms. The zero-order chi connectivity index (χ0) is 15.1. The standard InChI is InChI=1S/C19H20N2O/c1-20-11-9-17-10-12-21(19(22)18(17)20)13-14-5-7-16(8-6-14)15-3-2-4-15/h5-12,15H,2-4,13H2,1H3. The molecule has 2 aromatic heterocycles. The molecule has 0 spiro atoms. The van der Waals surface area contributed by atoms with Gasteiger partial charge in [0.1, 0.15) is 5.52 Å². The van der Waals surface area contributed by atoms with E-state index in [0.717, 1.165) is 16.8 Å². The van der Waals surface area contributed by atoms with Crippen LogP contribution in [-0.4, -0.2) is 9.13 Å². The number of aryl methyl sites for hydroxylation is 1. The van der Waals surface area contributed by atoms with Crippen molar-refractivity contribution >= 4 is 10.9 Å². The summed E-state index contributed by atoms with van der Waals surface area (Å²) >= 11 is 0. The van der Waals surface area contributed by atoms with Crippen LogP contribution in [0.25, 0.3) is 10.9 Å². The highest BCUT2D eigenvalue weighted by molar-refractivity contribution is 5.78. The first-order valence-corrected chi connectivity index (χ1v) is 7.96. The van der Waals surface area contributed by atoms with E-state index in [1.165, 1.54) is 30.4 Å². The molecular weight excluding hydrogens is 272 g/mol. The van der Waals surface area contributed by atoms with Gasteiger partial charge in [0.2, 0.25) is 0 Å². The average Bonchev–Trinajstić information content (AvgIpc) is 2.84. The highest BCUT2D eigenvalue weighted by atomic mass is 16.1. The SMILES string of the molecule is Cn1ccc2ccn(Cc3ccc(C4CCC4)cc3)c(=O)c21. The van der Waals surface area contributed by atoms with Crippen molar-refractivity contribution in [2.24, 2.45) is 7.05 Å². The summed E-state index contributed by atoms with van der Waals surface area (Å²) in [6, 6.07) is 12.8. The van der Waals surface area contributed by atoms with Gasteiger partial charge in [-0.2, -0.15) is 0 Å². The van der Waals surface area contributed by atoms with E-state index in [1.807, 2.05) is 36.1 Å². The molecule has 0 N–H and O–H groups in total. The van der Waals surface area contributed by atoms with E-state index in [0.29, 0.717) is 6.54 Å². The van der Waals surface area contributed by atoms with Crippen molar-refractivity contribution in [2.75, 3.05) is 0 Å². The fourth-order valence-electron chi connectivity index (χ4n) is 3.29. The smallest absolute Gasteiger partial charge is 0.275 e. The van der Waals surface area contributed by atoms with E-state index in [-0.39, 0.29) is 5.56 Å². The molecule has 1 aromatic carbocycles. The number of fused-ring (bicyclic) bond motifs is 1. The van der Waals surface area contributed by atoms with Gasteiger partial charge in [-0.05, 0) is 42.0 Å². The van der Waals surface area contributed by atoms with Crippen molar-refractivity contribution in [1.29, 1.82) is 0 Å². The molecule has 2 heterocycles. The van der Waals surface area contributed by atoms with Gasteiger partial charge in [0, 0.05) is 24.8 Å². The average molecular weight is 292 g/mol. The van der Waals surface area contributed by atoms with E-state index in [4.69, 9.17) is 0 Å². The van der Waals surface area contributed by atoms with E-state index in [2.05, 4.69) is 24.3 Å². The molecule has 0 atom stereocenters. The number of rotatable bonds is 3. The van der Waals surface area contributed by atoms with Crippen molar-refractivity contribution in [1.82, 2.24) is 9.13 Å². The summed E-state index contributed by atoms with van der Waals surface area (Å²) in [5.74, 6) is 0.761. The van der Waals surface area contributed by atoms with Crippen molar-refractivity contribution in [3.8, 4) is 0 Å². The monoisotopic (exact) mass is 292 g/mol. The molecule has 0 radical (unpaired) electrons. The second-order valence-corrected chi connectivity index (χ2v) is 6.35. The first-order chi connectivity index (χ1) is 10.7. The van der Waals surface area contributed by atoms with Crippen LogP contribution in [0.1, 0.15) is 36.3 Å². The molecule has 1 fully saturated rings. The molecule has 3 aromatic rings. The molecule has 0 saturated heterocycles. The van der Waals surface area contributed by atoms with Crippen LogP contribution in [0, 0.1) is 0 Å². The lowest BCUT2D eigenvalue weighted by molar-refractivity contribution is 0.419. The predicted octanol–water partition coefficient (Wildman–Crippen LogP) is 3.66. The van der Waals surface area contributed by atoms with Gasteiger partial charge >= 0.3 is 0 Å². The van der Waals surface area contributed by atoms with Gasteiger partial charge in [0.15, 0.2) is 0 Å². The maximum Gasteiger partial charge on any atom is 0.275 e. The molecule has 4 rings (SSSR count). The van der Waals surface area contributed by atoms with Crippen LogP contribution in [0.2, 0.25) is 0 Å². The Balaban J connectivity index is 1.64. The van der Waals surface area contributed by atoms with Gasteiger partial charge in [0.25, 0.3) is 5.56 Å². The highest BCUT2D eigenvalue weighted by Gasteiger charge is 2.18. The number of nitrogens with zero attached hydrogens (tertiary/aromatic N) is 2. The number of pyridine rings is 1. The Bertz CT molecular complexity index is 867. The van der Waals surface area contributed by atoms with Crippen molar-refractivity contribution in [2.45, 2.75) is 31.7 Å². The fourth-order valence-corrected chi connectivity index (χ4v) is 3.29. The van der Waals surface area contributed by atoms with Crippen molar-refractivity contribution in [3.05, 3.63) is 70.3 Å². The van der Waals surface area contributed by atoms with Crippen LogP contribution in [0.3, 0.4) is 0 Å². The summed E-state index contributed by atoms with van der Waals surface area (Å²) in [6.45, 7) is 0.630.